The summed E-state index contributed by atoms with van der Waals surface area (Å²) >= 11 is 0. The van der Waals surface area contributed by atoms with Crippen LogP contribution in [0.3, 0.4) is 0 Å². The average molecular weight is 324 g/mol. The molecule has 23 heavy (non-hydrogen) atoms. The normalized spacial score (nSPS) is 25.0. The van der Waals surface area contributed by atoms with E-state index in [0.717, 1.165) is 19.3 Å². The summed E-state index contributed by atoms with van der Waals surface area (Å²) in [7, 11) is 1.47. The number of hydrogen-bond acceptors (Lipinski definition) is 3. The minimum atomic E-state index is -0.534. The van der Waals surface area contributed by atoms with Crippen molar-refractivity contribution in [2.75, 3.05) is 13.7 Å². The fourth-order valence-corrected chi connectivity index (χ4v) is 3.25. The molecule has 0 spiro atoms. The molecule has 1 aromatic carbocycles. The summed E-state index contributed by atoms with van der Waals surface area (Å²) in [5, 5.41) is 15.2. The first kappa shape index (κ1) is 17.5. The van der Waals surface area contributed by atoms with Crippen molar-refractivity contribution in [1.82, 2.24) is 10.6 Å². The van der Waals surface area contributed by atoms with Crippen molar-refractivity contribution in [3.63, 3.8) is 0 Å². The molecule has 0 aromatic heterocycles. The molecule has 1 aliphatic carbocycles. The summed E-state index contributed by atoms with van der Waals surface area (Å²) in [4.78, 5) is 12.2. The van der Waals surface area contributed by atoms with Crippen molar-refractivity contribution in [2.45, 2.75) is 45.2 Å². The van der Waals surface area contributed by atoms with Gasteiger partial charge in [0.2, 0.25) is 0 Å². The molecule has 0 aliphatic heterocycles. The van der Waals surface area contributed by atoms with E-state index < -0.39 is 11.9 Å². The number of aliphatic hydroxyl groups is 1. The SMILES string of the molecule is COc1cccc(F)c1C(C)NC(=O)NC1CCCC1(C)CO. The maximum absolute atomic E-state index is 14.0. The van der Waals surface area contributed by atoms with E-state index >= 15 is 0 Å². The summed E-state index contributed by atoms with van der Waals surface area (Å²) < 4.78 is 19.2. The second-order valence-electron chi connectivity index (χ2n) is 6.45. The van der Waals surface area contributed by atoms with Crippen LogP contribution in [0.15, 0.2) is 18.2 Å². The highest BCUT2D eigenvalue weighted by Gasteiger charge is 2.39. The fourth-order valence-electron chi connectivity index (χ4n) is 3.25. The van der Waals surface area contributed by atoms with E-state index in [1.807, 2.05) is 6.92 Å². The summed E-state index contributed by atoms with van der Waals surface area (Å²) in [6.07, 6.45) is 2.69. The molecule has 1 aromatic rings. The molecule has 3 unspecified atom stereocenters. The molecule has 6 heteroatoms. The Morgan fingerprint density at radius 1 is 1.57 bits per heavy atom. The summed E-state index contributed by atoms with van der Waals surface area (Å²) in [6, 6.07) is 3.59. The number of halogens is 1. The molecule has 0 heterocycles. The number of urea groups is 1. The highest BCUT2D eigenvalue weighted by molar-refractivity contribution is 5.75. The van der Waals surface area contributed by atoms with Crippen LogP contribution in [0.25, 0.3) is 0 Å². The molecule has 128 valence electrons. The van der Waals surface area contributed by atoms with E-state index in [4.69, 9.17) is 4.74 Å². The Kier molecular flexibility index (Phi) is 5.46. The van der Waals surface area contributed by atoms with E-state index in [-0.39, 0.29) is 24.1 Å². The molecule has 5 nitrogen and oxygen atoms in total. The number of methoxy groups -OCH3 is 1. The molecule has 1 fully saturated rings. The van der Waals surface area contributed by atoms with E-state index in [1.165, 1.54) is 13.2 Å². The van der Waals surface area contributed by atoms with Crippen LogP contribution in [0, 0.1) is 11.2 Å². The second-order valence-corrected chi connectivity index (χ2v) is 6.45. The number of carbonyl (C=O) groups is 1. The van der Waals surface area contributed by atoms with Crippen LogP contribution in [0.1, 0.15) is 44.7 Å². The number of rotatable bonds is 5. The monoisotopic (exact) mass is 324 g/mol. The molecule has 2 rings (SSSR count). The Balaban J connectivity index is 2.03. The molecular formula is C17H25FN2O3. The summed E-state index contributed by atoms with van der Waals surface area (Å²) in [6.45, 7) is 3.71. The molecule has 1 aliphatic rings. The average Bonchev–Trinajstić information content (AvgIpc) is 2.88. The number of benzene rings is 1. The highest BCUT2D eigenvalue weighted by Crippen LogP contribution is 2.37. The third kappa shape index (κ3) is 3.75. The zero-order valence-electron chi connectivity index (χ0n) is 13.9. The number of carbonyl (C=O) groups excluding carboxylic acids is 1. The van der Waals surface area contributed by atoms with Crippen molar-refractivity contribution in [1.29, 1.82) is 0 Å². The second kappa shape index (κ2) is 7.17. The van der Waals surface area contributed by atoms with Gasteiger partial charge in [0.1, 0.15) is 11.6 Å². The largest absolute Gasteiger partial charge is 0.496 e. The quantitative estimate of drug-likeness (QED) is 0.780. The predicted octanol–water partition coefficient (Wildman–Crippen LogP) is 2.75. The summed E-state index contributed by atoms with van der Waals surface area (Å²) in [5.74, 6) is -0.0166. The molecule has 0 saturated heterocycles. The third-order valence-electron chi connectivity index (χ3n) is 4.76. The van der Waals surface area contributed by atoms with Gasteiger partial charge in [-0.3, -0.25) is 0 Å². The van der Waals surface area contributed by atoms with E-state index in [1.54, 1.807) is 19.1 Å². The van der Waals surface area contributed by atoms with Crippen LogP contribution in [0.5, 0.6) is 5.75 Å². The number of nitrogens with one attached hydrogen (secondary N) is 2. The van der Waals surface area contributed by atoms with E-state index in [9.17, 15) is 14.3 Å². The Bertz CT molecular complexity index is 567. The van der Waals surface area contributed by atoms with Crippen LogP contribution in [-0.2, 0) is 0 Å². The smallest absolute Gasteiger partial charge is 0.315 e. The van der Waals surface area contributed by atoms with Gasteiger partial charge >= 0.3 is 6.03 Å². The van der Waals surface area contributed by atoms with Gasteiger partial charge in [-0.15, -0.1) is 0 Å². The van der Waals surface area contributed by atoms with Crippen molar-refractivity contribution < 1.29 is 19.0 Å². The van der Waals surface area contributed by atoms with Gasteiger partial charge < -0.3 is 20.5 Å². The van der Waals surface area contributed by atoms with Crippen molar-refractivity contribution in [3.8, 4) is 5.75 Å². The van der Waals surface area contributed by atoms with Gasteiger partial charge in [0.15, 0.2) is 0 Å². The van der Waals surface area contributed by atoms with E-state index in [0.29, 0.717) is 11.3 Å². The van der Waals surface area contributed by atoms with Crippen LogP contribution in [0.2, 0.25) is 0 Å². The molecule has 0 bridgehead atoms. The minimum Gasteiger partial charge on any atom is -0.496 e. The number of hydrogen-bond donors (Lipinski definition) is 3. The minimum absolute atomic E-state index is 0.0363. The number of ether oxygens (including phenoxy) is 1. The van der Waals surface area contributed by atoms with Gasteiger partial charge in [-0.05, 0) is 31.9 Å². The Morgan fingerprint density at radius 3 is 2.96 bits per heavy atom. The first-order valence-corrected chi connectivity index (χ1v) is 7.91. The van der Waals surface area contributed by atoms with Gasteiger partial charge in [0, 0.05) is 11.5 Å². The standard InChI is InChI=1S/C17H25FN2O3/c1-11(15-12(18)6-4-7-13(15)23-3)19-16(22)20-14-8-5-9-17(14,2)10-21/h4,6-7,11,14,21H,5,8-10H2,1-3H3,(H2,19,20,22). The Hall–Kier alpha value is -1.82. The van der Waals surface area contributed by atoms with Gasteiger partial charge in [-0.1, -0.05) is 19.4 Å². The van der Waals surface area contributed by atoms with Crippen molar-refractivity contribution in [2.24, 2.45) is 5.41 Å². The molecule has 0 radical (unpaired) electrons. The Morgan fingerprint density at radius 2 is 2.30 bits per heavy atom. The maximum atomic E-state index is 14.0. The maximum Gasteiger partial charge on any atom is 0.315 e. The zero-order valence-corrected chi connectivity index (χ0v) is 13.9. The predicted molar refractivity (Wildman–Crippen MR) is 85.9 cm³/mol. The number of aliphatic hydroxyl groups excluding tert-OH is 1. The molecule has 2 amide bonds. The van der Waals surface area contributed by atoms with Gasteiger partial charge in [-0.2, -0.15) is 0 Å². The van der Waals surface area contributed by atoms with Gasteiger partial charge in [0.25, 0.3) is 0 Å². The first-order chi connectivity index (χ1) is 10.9. The zero-order chi connectivity index (χ0) is 17.0. The molecule has 3 N–H and O–H groups in total. The van der Waals surface area contributed by atoms with Crippen molar-refractivity contribution in [3.05, 3.63) is 29.6 Å². The van der Waals surface area contributed by atoms with Gasteiger partial charge in [0.05, 0.1) is 25.3 Å². The molecular weight excluding hydrogens is 299 g/mol. The number of amides is 2. The van der Waals surface area contributed by atoms with Crippen LogP contribution in [0.4, 0.5) is 9.18 Å². The molecule has 1 saturated carbocycles. The van der Waals surface area contributed by atoms with Gasteiger partial charge in [-0.25, -0.2) is 9.18 Å². The highest BCUT2D eigenvalue weighted by atomic mass is 19.1. The van der Waals surface area contributed by atoms with E-state index in [2.05, 4.69) is 10.6 Å². The summed E-state index contributed by atoms with van der Waals surface area (Å²) in [5.41, 5.74) is 0.0255. The Labute approximate surface area is 136 Å². The van der Waals surface area contributed by atoms with Crippen LogP contribution >= 0.6 is 0 Å². The lowest BCUT2D eigenvalue weighted by Gasteiger charge is -2.30. The third-order valence-corrected chi connectivity index (χ3v) is 4.76. The molecule has 3 atom stereocenters. The van der Waals surface area contributed by atoms with Crippen LogP contribution < -0.4 is 15.4 Å². The first-order valence-electron chi connectivity index (χ1n) is 7.91. The van der Waals surface area contributed by atoms with Crippen LogP contribution in [-0.4, -0.2) is 30.9 Å². The lowest BCUT2D eigenvalue weighted by Crippen LogP contribution is -2.49. The topological polar surface area (TPSA) is 70.6 Å². The fraction of sp³-hybridized carbons (Fsp3) is 0.588. The lowest BCUT2D eigenvalue weighted by molar-refractivity contribution is 0.121. The lowest BCUT2D eigenvalue weighted by atomic mass is 9.86. The van der Waals surface area contributed by atoms with Crippen molar-refractivity contribution >= 4 is 6.03 Å².